The fourth-order valence-electron chi connectivity index (χ4n) is 1.96. The number of aryl methyl sites for hydroxylation is 2. The molecule has 0 heterocycles. The van der Waals surface area contributed by atoms with Crippen LogP contribution in [0, 0.1) is 13.8 Å². The van der Waals surface area contributed by atoms with E-state index in [0.29, 0.717) is 11.0 Å². The number of nitrogens with one attached hydrogen (secondary N) is 1. The van der Waals surface area contributed by atoms with Crippen molar-refractivity contribution in [1.82, 2.24) is 0 Å². The van der Waals surface area contributed by atoms with Crippen LogP contribution in [0.2, 0.25) is 0 Å². The monoisotopic (exact) mass is 383 g/mol. The van der Waals surface area contributed by atoms with Gasteiger partial charge in [-0.2, -0.15) is 0 Å². The molecule has 0 aromatic heterocycles. The van der Waals surface area contributed by atoms with Crippen LogP contribution >= 0.6 is 31.9 Å². The minimum Gasteiger partial charge on any atom is -0.506 e. The summed E-state index contributed by atoms with van der Waals surface area (Å²) in [5, 5.41) is 13.4. The standard InChI is InChI=1S/C15H15Br2NO/c1-9-3-4-14(10(2)5-9)18-8-11-6-12(16)7-13(17)15(11)19/h3-7,18-19H,8H2,1-2H3. The second kappa shape index (κ2) is 5.97. The summed E-state index contributed by atoms with van der Waals surface area (Å²) in [6.07, 6.45) is 0. The molecule has 0 aliphatic rings. The van der Waals surface area contributed by atoms with Crippen molar-refractivity contribution < 1.29 is 5.11 Å². The Bertz CT molecular complexity index is 611. The van der Waals surface area contributed by atoms with Gasteiger partial charge in [-0.15, -0.1) is 0 Å². The van der Waals surface area contributed by atoms with Crippen LogP contribution in [0.5, 0.6) is 5.75 Å². The van der Waals surface area contributed by atoms with Crippen molar-refractivity contribution in [2.45, 2.75) is 20.4 Å². The van der Waals surface area contributed by atoms with E-state index in [2.05, 4.69) is 69.2 Å². The molecule has 0 bridgehead atoms. The third-order valence-corrected chi connectivity index (χ3v) is 4.02. The topological polar surface area (TPSA) is 32.3 Å². The van der Waals surface area contributed by atoms with Gasteiger partial charge in [0.1, 0.15) is 5.75 Å². The van der Waals surface area contributed by atoms with Crippen molar-refractivity contribution in [1.29, 1.82) is 0 Å². The van der Waals surface area contributed by atoms with Crippen LogP contribution in [0.4, 0.5) is 5.69 Å². The number of hydrogen-bond acceptors (Lipinski definition) is 2. The van der Waals surface area contributed by atoms with Gasteiger partial charge in [0.25, 0.3) is 0 Å². The lowest BCUT2D eigenvalue weighted by Crippen LogP contribution is -2.01. The molecule has 0 saturated carbocycles. The van der Waals surface area contributed by atoms with Crippen LogP contribution in [0.3, 0.4) is 0 Å². The van der Waals surface area contributed by atoms with E-state index in [9.17, 15) is 5.11 Å². The molecule has 0 atom stereocenters. The fraction of sp³-hybridized carbons (Fsp3) is 0.200. The van der Waals surface area contributed by atoms with Gasteiger partial charge in [0.2, 0.25) is 0 Å². The predicted molar refractivity (Wildman–Crippen MR) is 86.7 cm³/mol. The highest BCUT2D eigenvalue weighted by molar-refractivity contribution is 9.11. The summed E-state index contributed by atoms with van der Waals surface area (Å²) in [5.41, 5.74) is 4.38. The van der Waals surface area contributed by atoms with Crippen LogP contribution in [-0.4, -0.2) is 5.11 Å². The normalized spacial score (nSPS) is 10.5. The van der Waals surface area contributed by atoms with E-state index in [4.69, 9.17) is 0 Å². The first-order chi connectivity index (χ1) is 8.97. The van der Waals surface area contributed by atoms with Gasteiger partial charge >= 0.3 is 0 Å². The summed E-state index contributed by atoms with van der Waals surface area (Å²) < 4.78 is 1.63. The van der Waals surface area contributed by atoms with E-state index >= 15 is 0 Å². The predicted octanol–water partition coefficient (Wildman–Crippen LogP) is 5.15. The maximum Gasteiger partial charge on any atom is 0.134 e. The first-order valence-electron chi connectivity index (χ1n) is 5.95. The highest BCUT2D eigenvalue weighted by Crippen LogP contribution is 2.32. The molecule has 2 aromatic rings. The second-order valence-electron chi connectivity index (χ2n) is 4.57. The van der Waals surface area contributed by atoms with Crippen LogP contribution in [0.25, 0.3) is 0 Å². The SMILES string of the molecule is Cc1ccc(NCc2cc(Br)cc(Br)c2O)c(C)c1. The zero-order valence-corrected chi connectivity index (χ0v) is 14.0. The number of hydrogen-bond donors (Lipinski definition) is 2. The molecule has 0 fully saturated rings. The van der Waals surface area contributed by atoms with E-state index in [1.165, 1.54) is 11.1 Å². The molecule has 0 radical (unpaired) electrons. The Morgan fingerprint density at radius 2 is 1.84 bits per heavy atom. The van der Waals surface area contributed by atoms with Crippen LogP contribution in [-0.2, 0) is 6.54 Å². The van der Waals surface area contributed by atoms with Crippen LogP contribution in [0.15, 0.2) is 39.3 Å². The smallest absolute Gasteiger partial charge is 0.134 e. The van der Waals surface area contributed by atoms with Gasteiger partial charge in [-0.1, -0.05) is 33.6 Å². The molecule has 0 aliphatic carbocycles. The van der Waals surface area contributed by atoms with Gasteiger partial charge in [0, 0.05) is 22.3 Å². The van der Waals surface area contributed by atoms with Crippen molar-refractivity contribution in [3.63, 3.8) is 0 Å². The number of anilines is 1. The molecular weight excluding hydrogens is 370 g/mol. The lowest BCUT2D eigenvalue weighted by atomic mass is 10.1. The lowest BCUT2D eigenvalue weighted by molar-refractivity contribution is 0.465. The molecule has 2 rings (SSSR count). The molecule has 0 unspecified atom stereocenters. The van der Waals surface area contributed by atoms with Gasteiger partial charge in [-0.3, -0.25) is 0 Å². The zero-order valence-electron chi connectivity index (χ0n) is 10.8. The minimum absolute atomic E-state index is 0.278. The highest BCUT2D eigenvalue weighted by Gasteiger charge is 2.07. The number of phenolic OH excluding ortho intramolecular Hbond substituents is 1. The Balaban J connectivity index is 2.19. The van der Waals surface area contributed by atoms with Gasteiger partial charge in [-0.25, -0.2) is 0 Å². The molecule has 19 heavy (non-hydrogen) atoms. The third kappa shape index (κ3) is 3.51. The van der Waals surface area contributed by atoms with Crippen molar-refractivity contribution in [3.8, 4) is 5.75 Å². The average molecular weight is 385 g/mol. The first kappa shape index (κ1) is 14.4. The van der Waals surface area contributed by atoms with Gasteiger partial charge < -0.3 is 10.4 Å². The lowest BCUT2D eigenvalue weighted by Gasteiger charge is -2.12. The molecule has 2 nitrogen and oxygen atoms in total. The summed E-state index contributed by atoms with van der Waals surface area (Å²) in [5.74, 6) is 0.278. The third-order valence-electron chi connectivity index (χ3n) is 2.96. The maximum atomic E-state index is 10.0. The summed E-state index contributed by atoms with van der Waals surface area (Å²) >= 11 is 6.77. The quantitative estimate of drug-likeness (QED) is 0.767. The van der Waals surface area contributed by atoms with Crippen LogP contribution in [0.1, 0.15) is 16.7 Å². The summed E-state index contributed by atoms with van der Waals surface area (Å²) in [6, 6.07) is 10.0. The Hall–Kier alpha value is -1.00. The van der Waals surface area contributed by atoms with E-state index in [1.807, 2.05) is 12.1 Å². The molecule has 100 valence electrons. The number of halogens is 2. The fourth-order valence-corrected chi connectivity index (χ4v) is 3.27. The molecule has 0 spiro atoms. The number of aromatic hydroxyl groups is 1. The van der Waals surface area contributed by atoms with E-state index in [-0.39, 0.29) is 5.75 Å². The van der Waals surface area contributed by atoms with Crippen molar-refractivity contribution >= 4 is 37.5 Å². The minimum atomic E-state index is 0.278. The summed E-state index contributed by atoms with van der Waals surface area (Å²) in [4.78, 5) is 0. The second-order valence-corrected chi connectivity index (χ2v) is 6.34. The molecule has 2 aromatic carbocycles. The van der Waals surface area contributed by atoms with E-state index < -0.39 is 0 Å². The molecule has 0 amide bonds. The van der Waals surface area contributed by atoms with Gasteiger partial charge in [0.05, 0.1) is 4.47 Å². The Morgan fingerprint density at radius 3 is 2.53 bits per heavy atom. The van der Waals surface area contributed by atoms with Gasteiger partial charge in [-0.05, 0) is 53.5 Å². The van der Waals surface area contributed by atoms with E-state index in [0.717, 1.165) is 15.7 Å². The molecule has 2 N–H and O–H groups in total. The van der Waals surface area contributed by atoms with Crippen molar-refractivity contribution in [2.24, 2.45) is 0 Å². The van der Waals surface area contributed by atoms with Gasteiger partial charge in [0.15, 0.2) is 0 Å². The molecule has 0 saturated heterocycles. The van der Waals surface area contributed by atoms with Crippen molar-refractivity contribution in [2.75, 3.05) is 5.32 Å². The molecular formula is C15H15Br2NO. The maximum absolute atomic E-state index is 10.0. The zero-order chi connectivity index (χ0) is 14.0. The highest BCUT2D eigenvalue weighted by atomic mass is 79.9. The first-order valence-corrected chi connectivity index (χ1v) is 7.54. The Labute approximate surface area is 130 Å². The average Bonchev–Trinajstić information content (AvgIpc) is 2.33. The van der Waals surface area contributed by atoms with E-state index in [1.54, 1.807) is 0 Å². The molecule has 4 heteroatoms. The number of rotatable bonds is 3. The largest absolute Gasteiger partial charge is 0.506 e. The Morgan fingerprint density at radius 1 is 1.11 bits per heavy atom. The number of benzene rings is 2. The van der Waals surface area contributed by atoms with Crippen LogP contribution < -0.4 is 5.32 Å². The van der Waals surface area contributed by atoms with Crippen molar-refractivity contribution in [3.05, 3.63) is 56.0 Å². The summed E-state index contributed by atoms with van der Waals surface area (Å²) in [7, 11) is 0. The molecule has 0 aliphatic heterocycles. The Kier molecular flexibility index (Phi) is 4.53. The summed E-state index contributed by atoms with van der Waals surface area (Å²) in [6.45, 7) is 4.73. The number of phenols is 1.